The molecule has 0 radical (unpaired) electrons. The molecule has 2 aromatic heterocycles. The summed E-state index contributed by atoms with van der Waals surface area (Å²) in [5.74, 6) is 1.64. The molecule has 0 amide bonds. The number of hydrogen-bond acceptors (Lipinski definition) is 4. The first kappa shape index (κ1) is 10.4. The van der Waals surface area contributed by atoms with Crippen molar-refractivity contribution in [2.24, 2.45) is 5.73 Å². The predicted molar refractivity (Wildman–Crippen MR) is 61.9 cm³/mol. The van der Waals surface area contributed by atoms with Crippen molar-refractivity contribution in [1.29, 1.82) is 0 Å². The van der Waals surface area contributed by atoms with Crippen LogP contribution in [-0.4, -0.2) is 11.5 Å². The fourth-order valence-electron chi connectivity index (χ4n) is 1.42. The zero-order valence-electron chi connectivity index (χ0n) is 8.69. The van der Waals surface area contributed by atoms with Crippen LogP contribution in [0.25, 0.3) is 11.3 Å². The Kier molecular flexibility index (Phi) is 3.18. The average molecular weight is 222 g/mol. The Morgan fingerprint density at radius 3 is 3.00 bits per heavy atom. The quantitative estimate of drug-likeness (QED) is 0.865. The average Bonchev–Trinajstić information content (AvgIpc) is 2.83. The fraction of sp³-hybridized carbons (Fsp3) is 0.364. The molecule has 0 aliphatic rings. The van der Waals surface area contributed by atoms with Gasteiger partial charge in [-0.1, -0.05) is 0 Å². The fourth-order valence-corrected chi connectivity index (χ4v) is 2.25. The van der Waals surface area contributed by atoms with Crippen LogP contribution < -0.4 is 5.73 Å². The van der Waals surface area contributed by atoms with E-state index in [0.29, 0.717) is 6.54 Å². The van der Waals surface area contributed by atoms with Gasteiger partial charge in [-0.05, 0) is 30.8 Å². The van der Waals surface area contributed by atoms with Gasteiger partial charge in [0.2, 0.25) is 0 Å². The Morgan fingerprint density at radius 1 is 1.47 bits per heavy atom. The van der Waals surface area contributed by atoms with E-state index in [1.807, 2.05) is 0 Å². The minimum Gasteiger partial charge on any atom is -0.441 e. The molecule has 2 aromatic rings. The van der Waals surface area contributed by atoms with E-state index in [0.717, 1.165) is 30.1 Å². The monoisotopic (exact) mass is 222 g/mol. The van der Waals surface area contributed by atoms with E-state index in [1.54, 1.807) is 17.5 Å². The molecule has 0 bridgehead atoms. The minimum absolute atomic E-state index is 0.676. The highest BCUT2D eigenvalue weighted by Gasteiger charge is 2.08. The number of nitrogens with zero attached hydrogens (tertiary/aromatic N) is 1. The topological polar surface area (TPSA) is 52.0 Å². The van der Waals surface area contributed by atoms with E-state index in [9.17, 15) is 0 Å². The summed E-state index contributed by atoms with van der Waals surface area (Å²) < 4.78 is 5.65. The van der Waals surface area contributed by atoms with Crippen LogP contribution in [0.2, 0.25) is 0 Å². The van der Waals surface area contributed by atoms with E-state index in [1.165, 1.54) is 5.56 Å². The Balaban J connectivity index is 2.17. The van der Waals surface area contributed by atoms with Gasteiger partial charge in [0, 0.05) is 17.4 Å². The Morgan fingerprint density at radius 2 is 2.33 bits per heavy atom. The van der Waals surface area contributed by atoms with Gasteiger partial charge < -0.3 is 10.2 Å². The van der Waals surface area contributed by atoms with Gasteiger partial charge in [-0.15, -0.1) is 0 Å². The van der Waals surface area contributed by atoms with Crippen LogP contribution >= 0.6 is 11.3 Å². The summed E-state index contributed by atoms with van der Waals surface area (Å²) in [6.07, 6.45) is 3.53. The first-order chi connectivity index (χ1) is 7.31. The minimum atomic E-state index is 0.676. The lowest BCUT2D eigenvalue weighted by Gasteiger charge is -1.94. The normalized spacial score (nSPS) is 10.8. The largest absolute Gasteiger partial charge is 0.441 e. The maximum atomic E-state index is 5.65. The Bertz CT molecular complexity index is 433. The maximum absolute atomic E-state index is 5.65. The third-order valence-electron chi connectivity index (χ3n) is 2.27. The van der Waals surface area contributed by atoms with Crippen molar-refractivity contribution in [3.63, 3.8) is 0 Å². The van der Waals surface area contributed by atoms with Gasteiger partial charge in [0.25, 0.3) is 0 Å². The highest BCUT2D eigenvalue weighted by atomic mass is 32.1. The van der Waals surface area contributed by atoms with Crippen molar-refractivity contribution < 1.29 is 4.42 Å². The molecule has 80 valence electrons. The molecule has 0 aliphatic heterocycles. The van der Waals surface area contributed by atoms with E-state index >= 15 is 0 Å². The van der Waals surface area contributed by atoms with Crippen molar-refractivity contribution in [3.8, 4) is 11.3 Å². The number of hydrogen-bond donors (Lipinski definition) is 1. The van der Waals surface area contributed by atoms with Gasteiger partial charge in [0.05, 0.1) is 6.20 Å². The second kappa shape index (κ2) is 4.59. The van der Waals surface area contributed by atoms with Gasteiger partial charge >= 0.3 is 0 Å². The van der Waals surface area contributed by atoms with Gasteiger partial charge in [-0.25, -0.2) is 4.98 Å². The zero-order chi connectivity index (χ0) is 10.7. The lowest BCUT2D eigenvalue weighted by Crippen LogP contribution is -2.00. The molecule has 0 aliphatic carbocycles. The zero-order valence-corrected chi connectivity index (χ0v) is 9.51. The summed E-state index contributed by atoms with van der Waals surface area (Å²) in [6.45, 7) is 2.75. The van der Waals surface area contributed by atoms with E-state index in [2.05, 4.69) is 22.7 Å². The highest BCUT2D eigenvalue weighted by Crippen LogP contribution is 2.27. The van der Waals surface area contributed by atoms with Crippen molar-refractivity contribution in [2.45, 2.75) is 19.8 Å². The summed E-state index contributed by atoms with van der Waals surface area (Å²) in [5.41, 5.74) is 7.82. The number of oxazole rings is 1. The van der Waals surface area contributed by atoms with Crippen LogP contribution in [0.4, 0.5) is 0 Å². The van der Waals surface area contributed by atoms with E-state index in [-0.39, 0.29) is 0 Å². The lowest BCUT2D eigenvalue weighted by atomic mass is 10.2. The molecule has 0 saturated carbocycles. The summed E-state index contributed by atoms with van der Waals surface area (Å²) in [7, 11) is 0. The molecule has 0 fully saturated rings. The van der Waals surface area contributed by atoms with E-state index in [4.69, 9.17) is 10.2 Å². The molecule has 0 aromatic carbocycles. The third-order valence-corrected chi connectivity index (χ3v) is 3.13. The lowest BCUT2D eigenvalue weighted by molar-refractivity contribution is 0.499. The van der Waals surface area contributed by atoms with Crippen molar-refractivity contribution in [1.82, 2.24) is 4.98 Å². The molecular formula is C11H14N2OS. The highest BCUT2D eigenvalue weighted by molar-refractivity contribution is 7.08. The van der Waals surface area contributed by atoms with Crippen LogP contribution in [-0.2, 0) is 6.42 Å². The van der Waals surface area contributed by atoms with Crippen molar-refractivity contribution in [3.05, 3.63) is 28.4 Å². The van der Waals surface area contributed by atoms with Crippen molar-refractivity contribution in [2.75, 3.05) is 6.54 Å². The Labute approximate surface area is 92.9 Å². The molecule has 2 rings (SSSR count). The summed E-state index contributed by atoms with van der Waals surface area (Å²) in [4.78, 5) is 4.23. The van der Waals surface area contributed by atoms with Crippen molar-refractivity contribution >= 4 is 11.3 Å². The maximum Gasteiger partial charge on any atom is 0.194 e. The van der Waals surface area contributed by atoms with Gasteiger partial charge in [0.1, 0.15) is 0 Å². The smallest absolute Gasteiger partial charge is 0.194 e. The molecule has 2 N–H and O–H groups in total. The first-order valence-electron chi connectivity index (χ1n) is 4.99. The number of aromatic nitrogens is 1. The summed E-state index contributed by atoms with van der Waals surface area (Å²) in [6, 6.07) is 0. The first-order valence-corrected chi connectivity index (χ1v) is 5.93. The van der Waals surface area contributed by atoms with Crippen LogP contribution in [0.15, 0.2) is 21.4 Å². The molecule has 0 unspecified atom stereocenters. The molecule has 15 heavy (non-hydrogen) atoms. The van der Waals surface area contributed by atoms with Crippen LogP contribution in [0.3, 0.4) is 0 Å². The molecule has 0 spiro atoms. The number of nitrogens with two attached hydrogens (primary N) is 1. The molecular weight excluding hydrogens is 208 g/mol. The molecule has 0 saturated heterocycles. The van der Waals surface area contributed by atoms with Crippen LogP contribution in [0.1, 0.15) is 17.9 Å². The SMILES string of the molecule is Cc1cscc1-c1cnc(CCCN)o1. The van der Waals surface area contributed by atoms with E-state index < -0.39 is 0 Å². The summed E-state index contributed by atoms with van der Waals surface area (Å²) in [5, 5.41) is 4.19. The second-order valence-corrected chi connectivity index (χ2v) is 4.22. The number of thiophene rings is 1. The van der Waals surface area contributed by atoms with Crippen LogP contribution in [0, 0.1) is 6.92 Å². The number of aryl methyl sites for hydroxylation is 2. The van der Waals surface area contributed by atoms with Gasteiger partial charge in [0.15, 0.2) is 11.7 Å². The molecule has 3 nitrogen and oxygen atoms in total. The van der Waals surface area contributed by atoms with Gasteiger partial charge in [-0.2, -0.15) is 11.3 Å². The third kappa shape index (κ3) is 2.27. The Hall–Kier alpha value is -1.13. The van der Waals surface area contributed by atoms with Gasteiger partial charge in [-0.3, -0.25) is 0 Å². The summed E-state index contributed by atoms with van der Waals surface area (Å²) >= 11 is 1.68. The number of rotatable bonds is 4. The predicted octanol–water partition coefficient (Wildman–Crippen LogP) is 2.60. The second-order valence-electron chi connectivity index (χ2n) is 3.48. The molecule has 4 heteroatoms. The standard InChI is InChI=1S/C11H14N2OS/c1-8-6-15-7-9(8)10-5-13-11(14-10)3-2-4-12/h5-7H,2-4,12H2,1H3. The molecule has 0 atom stereocenters. The molecule has 2 heterocycles. The van der Waals surface area contributed by atoms with Crippen LogP contribution in [0.5, 0.6) is 0 Å².